The van der Waals surface area contributed by atoms with Crippen LogP contribution >= 0.6 is 15.9 Å². The zero-order valence-corrected chi connectivity index (χ0v) is 17.2. The van der Waals surface area contributed by atoms with Crippen LogP contribution in [0.3, 0.4) is 0 Å². The molecule has 150 valence electrons. The van der Waals surface area contributed by atoms with Crippen LogP contribution in [-0.2, 0) is 13.7 Å². The van der Waals surface area contributed by atoms with Crippen LogP contribution < -0.4 is 15.6 Å². The van der Waals surface area contributed by atoms with Crippen molar-refractivity contribution in [1.82, 2.24) is 9.88 Å². The van der Waals surface area contributed by atoms with E-state index in [-0.39, 0.29) is 29.4 Å². The first-order valence-electron chi connectivity index (χ1n) is 8.60. The summed E-state index contributed by atoms with van der Waals surface area (Å²) in [6.07, 6.45) is 0. The molecule has 2 aromatic carbocycles. The monoisotopic (exact) mass is 462 g/mol. The zero-order chi connectivity index (χ0) is 21.1. The highest BCUT2D eigenvalue weighted by Gasteiger charge is 2.17. The van der Waals surface area contributed by atoms with Gasteiger partial charge in [0.1, 0.15) is 24.0 Å². The third kappa shape index (κ3) is 4.37. The second kappa shape index (κ2) is 8.57. The summed E-state index contributed by atoms with van der Waals surface area (Å²) in [7, 11) is 3.13. The van der Waals surface area contributed by atoms with Gasteiger partial charge in [-0.1, -0.05) is 12.1 Å². The van der Waals surface area contributed by atoms with Gasteiger partial charge in [-0.15, -0.1) is 0 Å². The van der Waals surface area contributed by atoms with Gasteiger partial charge in [0.15, 0.2) is 0 Å². The number of amides is 1. The topological polar surface area (TPSA) is 60.3 Å². The minimum absolute atomic E-state index is 0.155. The van der Waals surface area contributed by atoms with Gasteiger partial charge in [0.25, 0.3) is 11.5 Å². The van der Waals surface area contributed by atoms with Crippen molar-refractivity contribution in [2.45, 2.75) is 6.61 Å². The first kappa shape index (κ1) is 20.7. The van der Waals surface area contributed by atoms with E-state index >= 15 is 0 Å². The molecule has 8 heteroatoms. The highest BCUT2D eigenvalue weighted by atomic mass is 79.9. The highest BCUT2D eigenvalue weighted by Crippen LogP contribution is 2.34. The molecule has 0 spiro atoms. The van der Waals surface area contributed by atoms with Gasteiger partial charge in [0.05, 0.1) is 10.2 Å². The maximum absolute atomic E-state index is 13.9. The number of benzene rings is 2. The molecule has 3 rings (SSSR count). The average molecular weight is 463 g/mol. The van der Waals surface area contributed by atoms with E-state index < -0.39 is 11.6 Å². The third-order valence-electron chi connectivity index (χ3n) is 4.37. The fourth-order valence-corrected chi connectivity index (χ4v) is 3.54. The molecule has 0 saturated heterocycles. The van der Waals surface area contributed by atoms with Gasteiger partial charge < -0.3 is 14.6 Å². The molecule has 0 unspecified atom stereocenters. The Bertz CT molecular complexity index is 1150. The standard InChI is InChI=1S/C21H17BrF2N2O3/c1-25-21(28)13-5-3-4-12(8-13)20-19(22)17(10-18(27)26(20)2)29-11-14-6-7-15(23)9-16(14)24/h3-10H,11H2,1-2H3,(H,25,28). The van der Waals surface area contributed by atoms with Crippen LogP contribution in [0.25, 0.3) is 11.3 Å². The fraction of sp³-hybridized carbons (Fsp3) is 0.143. The Balaban J connectivity index is 2.01. The molecule has 1 N–H and O–H groups in total. The van der Waals surface area contributed by atoms with Crippen LogP contribution in [-0.4, -0.2) is 17.5 Å². The maximum atomic E-state index is 13.9. The normalized spacial score (nSPS) is 10.7. The second-order valence-corrected chi connectivity index (χ2v) is 7.05. The van der Waals surface area contributed by atoms with E-state index in [0.29, 0.717) is 21.3 Å². The summed E-state index contributed by atoms with van der Waals surface area (Å²) in [5.74, 6) is -1.47. The number of nitrogens with one attached hydrogen (secondary N) is 1. The molecule has 3 aromatic rings. The minimum atomic E-state index is -0.733. The average Bonchev–Trinajstić information content (AvgIpc) is 2.70. The SMILES string of the molecule is CNC(=O)c1cccc(-c2c(Br)c(OCc3ccc(F)cc3F)cc(=O)n2C)c1. The molecule has 0 aliphatic carbocycles. The van der Waals surface area contributed by atoms with Gasteiger partial charge in [-0.05, 0) is 40.2 Å². The summed E-state index contributed by atoms with van der Waals surface area (Å²) in [5.41, 5.74) is 1.36. The number of halogens is 3. The summed E-state index contributed by atoms with van der Waals surface area (Å²) >= 11 is 3.45. The van der Waals surface area contributed by atoms with E-state index in [1.807, 2.05) is 0 Å². The lowest BCUT2D eigenvalue weighted by Crippen LogP contribution is -2.20. The van der Waals surface area contributed by atoms with Crippen LogP contribution in [0, 0.1) is 11.6 Å². The summed E-state index contributed by atoms with van der Waals surface area (Å²) in [6.45, 7) is -0.185. The highest BCUT2D eigenvalue weighted by molar-refractivity contribution is 9.10. The van der Waals surface area contributed by atoms with Crippen LogP contribution in [0.4, 0.5) is 8.78 Å². The molecule has 0 saturated carbocycles. The van der Waals surface area contributed by atoms with Crippen molar-refractivity contribution in [3.63, 3.8) is 0 Å². The Morgan fingerprint density at radius 3 is 2.62 bits per heavy atom. The molecule has 0 atom stereocenters. The molecule has 0 aliphatic heterocycles. The Morgan fingerprint density at radius 2 is 1.93 bits per heavy atom. The molecule has 1 aromatic heterocycles. The number of nitrogens with zero attached hydrogens (tertiary/aromatic N) is 1. The first-order valence-corrected chi connectivity index (χ1v) is 9.40. The lowest BCUT2D eigenvalue weighted by atomic mass is 10.1. The predicted molar refractivity (Wildman–Crippen MR) is 109 cm³/mol. The minimum Gasteiger partial charge on any atom is -0.487 e. The van der Waals surface area contributed by atoms with Crippen molar-refractivity contribution in [2.75, 3.05) is 7.05 Å². The van der Waals surface area contributed by atoms with Crippen molar-refractivity contribution in [1.29, 1.82) is 0 Å². The number of hydrogen-bond donors (Lipinski definition) is 1. The molecule has 5 nitrogen and oxygen atoms in total. The van der Waals surface area contributed by atoms with Crippen molar-refractivity contribution >= 4 is 21.8 Å². The molecule has 0 bridgehead atoms. The van der Waals surface area contributed by atoms with Crippen molar-refractivity contribution in [2.24, 2.45) is 7.05 Å². The molecular weight excluding hydrogens is 446 g/mol. The Morgan fingerprint density at radius 1 is 1.17 bits per heavy atom. The number of carbonyl (C=O) groups is 1. The number of rotatable bonds is 5. The van der Waals surface area contributed by atoms with Crippen LogP contribution in [0.5, 0.6) is 5.75 Å². The van der Waals surface area contributed by atoms with E-state index in [0.717, 1.165) is 12.1 Å². The number of ether oxygens (including phenoxy) is 1. The van der Waals surface area contributed by atoms with Crippen molar-refractivity contribution in [3.8, 4) is 17.0 Å². The first-order chi connectivity index (χ1) is 13.8. The van der Waals surface area contributed by atoms with E-state index in [4.69, 9.17) is 4.74 Å². The molecule has 0 aliphatic rings. The third-order valence-corrected chi connectivity index (χ3v) is 5.13. The van der Waals surface area contributed by atoms with Gasteiger partial charge in [0, 0.05) is 42.9 Å². The van der Waals surface area contributed by atoms with Crippen LogP contribution in [0.15, 0.2) is 57.8 Å². The lowest BCUT2D eigenvalue weighted by Gasteiger charge is -2.16. The van der Waals surface area contributed by atoms with Crippen LogP contribution in [0.1, 0.15) is 15.9 Å². The number of hydrogen-bond acceptors (Lipinski definition) is 3. The van der Waals surface area contributed by atoms with E-state index in [1.165, 1.54) is 23.7 Å². The second-order valence-electron chi connectivity index (χ2n) is 6.25. The molecule has 0 radical (unpaired) electrons. The van der Waals surface area contributed by atoms with Gasteiger partial charge >= 0.3 is 0 Å². The molecule has 1 amide bonds. The van der Waals surface area contributed by atoms with Gasteiger partial charge in [0.2, 0.25) is 0 Å². The number of pyridine rings is 1. The zero-order valence-electron chi connectivity index (χ0n) is 15.6. The van der Waals surface area contributed by atoms with E-state index in [9.17, 15) is 18.4 Å². The summed E-state index contributed by atoms with van der Waals surface area (Å²) in [5, 5.41) is 2.55. The van der Waals surface area contributed by atoms with Gasteiger partial charge in [-0.3, -0.25) is 9.59 Å². The summed E-state index contributed by atoms with van der Waals surface area (Å²) < 4.78 is 34.4. The van der Waals surface area contributed by atoms with E-state index in [2.05, 4.69) is 21.2 Å². The molecule has 1 heterocycles. The fourth-order valence-electron chi connectivity index (χ4n) is 2.82. The van der Waals surface area contributed by atoms with Gasteiger partial charge in [-0.2, -0.15) is 0 Å². The quantitative estimate of drug-likeness (QED) is 0.622. The van der Waals surface area contributed by atoms with Crippen LogP contribution in [0.2, 0.25) is 0 Å². The Labute approximate surface area is 174 Å². The Kier molecular flexibility index (Phi) is 6.12. The number of aromatic nitrogens is 1. The van der Waals surface area contributed by atoms with Gasteiger partial charge in [-0.25, -0.2) is 8.78 Å². The van der Waals surface area contributed by atoms with Crippen molar-refractivity contribution < 1.29 is 18.3 Å². The predicted octanol–water partition coefficient (Wildman–Crippen LogP) is 4.03. The Hall–Kier alpha value is -3.00. The lowest BCUT2D eigenvalue weighted by molar-refractivity contribution is 0.0963. The molecule has 0 fully saturated rings. The number of carbonyl (C=O) groups excluding carboxylic acids is 1. The summed E-state index contributed by atoms with van der Waals surface area (Å²) in [4.78, 5) is 24.4. The van der Waals surface area contributed by atoms with E-state index in [1.54, 1.807) is 31.3 Å². The molecular formula is C21H17BrF2N2O3. The largest absolute Gasteiger partial charge is 0.487 e. The summed E-state index contributed by atoms with van der Waals surface area (Å²) in [6, 6.07) is 11.2. The smallest absolute Gasteiger partial charge is 0.254 e. The molecule has 29 heavy (non-hydrogen) atoms. The van der Waals surface area contributed by atoms with Crippen molar-refractivity contribution in [3.05, 3.63) is 86.1 Å². The maximum Gasteiger partial charge on any atom is 0.254 e.